The van der Waals surface area contributed by atoms with E-state index in [1.807, 2.05) is 25.3 Å². The Kier molecular flexibility index (Phi) is 2.88. The van der Waals surface area contributed by atoms with Gasteiger partial charge in [0, 0.05) is 23.6 Å². The van der Waals surface area contributed by atoms with Crippen LogP contribution in [0.2, 0.25) is 0 Å². The van der Waals surface area contributed by atoms with E-state index >= 15 is 0 Å². The van der Waals surface area contributed by atoms with E-state index in [2.05, 4.69) is 4.98 Å². The van der Waals surface area contributed by atoms with Crippen molar-refractivity contribution in [2.24, 2.45) is 0 Å². The van der Waals surface area contributed by atoms with Crippen molar-refractivity contribution < 1.29 is 9.52 Å². The second-order valence-electron chi connectivity index (χ2n) is 3.51. The maximum Gasteiger partial charge on any atom is 0.106 e. The van der Waals surface area contributed by atoms with Gasteiger partial charge in [-0.1, -0.05) is 0 Å². The highest BCUT2D eigenvalue weighted by atomic mass is 32.1. The van der Waals surface area contributed by atoms with Gasteiger partial charge >= 0.3 is 0 Å². The lowest BCUT2D eigenvalue weighted by molar-refractivity contribution is 0.176. The number of aliphatic hydroxyl groups excluding tert-OH is 1. The van der Waals surface area contributed by atoms with Crippen molar-refractivity contribution in [3.05, 3.63) is 39.7 Å². The van der Waals surface area contributed by atoms with E-state index in [1.165, 1.54) is 0 Å². The second-order valence-corrected chi connectivity index (χ2v) is 4.49. The van der Waals surface area contributed by atoms with E-state index in [4.69, 9.17) is 4.42 Å². The molecule has 1 atom stereocenters. The highest BCUT2D eigenvalue weighted by Crippen LogP contribution is 2.24. The number of hydrogen-bond acceptors (Lipinski definition) is 4. The van der Waals surface area contributed by atoms with Crippen LogP contribution in [0.25, 0.3) is 0 Å². The average Bonchev–Trinajstić information content (AvgIpc) is 2.75. The van der Waals surface area contributed by atoms with Crippen LogP contribution in [0.15, 0.2) is 22.1 Å². The number of aryl methyl sites for hydroxylation is 2. The van der Waals surface area contributed by atoms with E-state index in [-0.39, 0.29) is 0 Å². The van der Waals surface area contributed by atoms with Crippen molar-refractivity contribution in [3.8, 4) is 0 Å². The van der Waals surface area contributed by atoms with Crippen molar-refractivity contribution in [1.29, 1.82) is 0 Å². The minimum absolute atomic E-state index is 0.520. The van der Waals surface area contributed by atoms with Crippen LogP contribution in [-0.4, -0.2) is 10.1 Å². The van der Waals surface area contributed by atoms with E-state index < -0.39 is 6.10 Å². The van der Waals surface area contributed by atoms with E-state index in [1.54, 1.807) is 17.5 Å². The van der Waals surface area contributed by atoms with Crippen LogP contribution in [0, 0.1) is 13.8 Å². The summed E-state index contributed by atoms with van der Waals surface area (Å²) >= 11 is 1.56. The molecule has 4 heteroatoms. The summed E-state index contributed by atoms with van der Waals surface area (Å²) in [6.45, 7) is 3.75. The lowest BCUT2D eigenvalue weighted by atomic mass is 10.1. The van der Waals surface area contributed by atoms with Crippen molar-refractivity contribution in [2.45, 2.75) is 26.4 Å². The molecule has 3 nitrogen and oxygen atoms in total. The van der Waals surface area contributed by atoms with E-state index in [0.717, 1.165) is 22.1 Å². The predicted octanol–water partition coefficient (Wildman–Crippen LogP) is 2.63. The minimum atomic E-state index is -0.520. The molecule has 0 radical (unpaired) electrons. The summed E-state index contributed by atoms with van der Waals surface area (Å²) in [6, 6.07) is 1.88. The van der Waals surface area contributed by atoms with Gasteiger partial charge in [-0.3, -0.25) is 0 Å². The molecule has 0 bridgehead atoms. The Bertz CT molecular complexity index is 433. The number of furan rings is 1. The average molecular weight is 223 g/mol. The van der Waals surface area contributed by atoms with E-state index in [9.17, 15) is 5.11 Å². The first kappa shape index (κ1) is 10.4. The molecule has 0 spiro atoms. The van der Waals surface area contributed by atoms with Gasteiger partial charge in [-0.2, -0.15) is 0 Å². The molecule has 0 aliphatic carbocycles. The summed E-state index contributed by atoms with van der Waals surface area (Å²) in [5.74, 6) is 1.62. The predicted molar refractivity (Wildman–Crippen MR) is 59.0 cm³/mol. The Morgan fingerprint density at radius 1 is 1.53 bits per heavy atom. The van der Waals surface area contributed by atoms with Crippen LogP contribution < -0.4 is 0 Å². The Morgan fingerprint density at radius 2 is 2.33 bits per heavy atom. The standard InChI is InChI=1S/C11H13NO2S/c1-7-5-9(8(2)14-7)10(13)6-11-12-3-4-15-11/h3-5,10,13H,6H2,1-2H3. The molecule has 2 rings (SSSR count). The molecule has 0 saturated carbocycles. The first-order valence-corrected chi connectivity index (χ1v) is 5.68. The molecule has 0 saturated heterocycles. The van der Waals surface area contributed by atoms with E-state index in [0.29, 0.717) is 6.42 Å². The van der Waals surface area contributed by atoms with Gasteiger partial charge in [-0.15, -0.1) is 11.3 Å². The first-order chi connectivity index (χ1) is 7.16. The summed E-state index contributed by atoms with van der Waals surface area (Å²) in [5, 5.41) is 12.9. The fourth-order valence-corrected chi connectivity index (χ4v) is 2.27. The molecule has 15 heavy (non-hydrogen) atoms. The highest BCUT2D eigenvalue weighted by molar-refractivity contribution is 7.09. The van der Waals surface area contributed by atoms with Gasteiger partial charge in [0.15, 0.2) is 0 Å². The molecule has 0 fully saturated rings. The molecule has 80 valence electrons. The number of hydrogen-bond donors (Lipinski definition) is 1. The molecule has 0 aliphatic heterocycles. The van der Waals surface area contributed by atoms with Crippen LogP contribution in [0.1, 0.15) is 28.2 Å². The van der Waals surface area contributed by atoms with Gasteiger partial charge in [0.05, 0.1) is 11.1 Å². The largest absolute Gasteiger partial charge is 0.466 e. The summed E-state index contributed by atoms with van der Waals surface area (Å²) < 4.78 is 5.38. The minimum Gasteiger partial charge on any atom is -0.466 e. The number of aromatic nitrogens is 1. The van der Waals surface area contributed by atoms with Gasteiger partial charge in [-0.05, 0) is 19.9 Å². The molecular formula is C11H13NO2S. The highest BCUT2D eigenvalue weighted by Gasteiger charge is 2.15. The third kappa shape index (κ3) is 2.27. The summed E-state index contributed by atoms with van der Waals surface area (Å²) in [6.07, 6.45) is 1.78. The smallest absolute Gasteiger partial charge is 0.106 e. The molecule has 2 heterocycles. The zero-order valence-corrected chi connectivity index (χ0v) is 9.54. The number of rotatable bonds is 3. The van der Waals surface area contributed by atoms with Gasteiger partial charge in [0.1, 0.15) is 11.5 Å². The normalized spacial score (nSPS) is 13.0. The molecule has 0 aliphatic rings. The van der Waals surface area contributed by atoms with Gasteiger partial charge in [0.2, 0.25) is 0 Å². The summed E-state index contributed by atoms with van der Waals surface area (Å²) in [5.41, 5.74) is 0.864. The third-order valence-electron chi connectivity index (χ3n) is 2.29. The molecule has 2 aromatic heterocycles. The maximum atomic E-state index is 9.99. The Balaban J connectivity index is 2.14. The number of aliphatic hydroxyl groups is 1. The van der Waals surface area contributed by atoms with Crippen LogP contribution in [0.5, 0.6) is 0 Å². The van der Waals surface area contributed by atoms with Gasteiger partial charge < -0.3 is 9.52 Å². The summed E-state index contributed by atoms with van der Waals surface area (Å²) in [7, 11) is 0. The molecule has 1 unspecified atom stereocenters. The van der Waals surface area contributed by atoms with Crippen molar-refractivity contribution in [2.75, 3.05) is 0 Å². The number of thiazole rings is 1. The molecular weight excluding hydrogens is 210 g/mol. The Morgan fingerprint density at radius 3 is 2.87 bits per heavy atom. The maximum absolute atomic E-state index is 9.99. The number of nitrogens with zero attached hydrogens (tertiary/aromatic N) is 1. The second kappa shape index (κ2) is 4.16. The fraction of sp³-hybridized carbons (Fsp3) is 0.364. The Labute approximate surface area is 92.4 Å². The van der Waals surface area contributed by atoms with Crippen molar-refractivity contribution in [1.82, 2.24) is 4.98 Å². The van der Waals surface area contributed by atoms with Gasteiger partial charge in [0.25, 0.3) is 0 Å². The first-order valence-electron chi connectivity index (χ1n) is 4.80. The quantitative estimate of drug-likeness (QED) is 0.870. The van der Waals surface area contributed by atoms with Crippen LogP contribution in [0.3, 0.4) is 0 Å². The monoisotopic (exact) mass is 223 g/mol. The molecule has 0 aromatic carbocycles. The van der Waals surface area contributed by atoms with Crippen molar-refractivity contribution in [3.63, 3.8) is 0 Å². The van der Waals surface area contributed by atoms with Gasteiger partial charge in [-0.25, -0.2) is 4.98 Å². The Hall–Kier alpha value is -1.13. The topological polar surface area (TPSA) is 46.3 Å². The lowest BCUT2D eigenvalue weighted by Gasteiger charge is -2.06. The SMILES string of the molecule is Cc1cc(C(O)Cc2nccs2)c(C)o1. The molecule has 2 aromatic rings. The molecule has 0 amide bonds. The molecule has 1 N–H and O–H groups in total. The summed E-state index contributed by atoms with van der Waals surface area (Å²) in [4.78, 5) is 4.15. The zero-order valence-electron chi connectivity index (χ0n) is 8.73. The lowest BCUT2D eigenvalue weighted by Crippen LogP contribution is -2.01. The van der Waals surface area contributed by atoms with Crippen LogP contribution in [-0.2, 0) is 6.42 Å². The fourth-order valence-electron chi connectivity index (χ4n) is 1.61. The van der Waals surface area contributed by atoms with Crippen molar-refractivity contribution >= 4 is 11.3 Å². The van der Waals surface area contributed by atoms with Crippen LogP contribution >= 0.6 is 11.3 Å². The zero-order chi connectivity index (χ0) is 10.8. The van der Waals surface area contributed by atoms with Crippen LogP contribution in [0.4, 0.5) is 0 Å². The third-order valence-corrected chi connectivity index (χ3v) is 3.09.